The molecule has 0 radical (unpaired) electrons. The number of piperidine rings is 1. The Balaban J connectivity index is 1.52. The fourth-order valence-electron chi connectivity index (χ4n) is 3.53. The van der Waals surface area contributed by atoms with Gasteiger partial charge in [0.1, 0.15) is 5.75 Å². The van der Waals surface area contributed by atoms with Crippen LogP contribution in [0.5, 0.6) is 5.75 Å². The standard InChI is InChI=1S/C21H30N4O2/c1-2-15-27-20-9-5-7-18(16-20)17-22-21(26)25-13-4-3-8-19(25)10-14-24-12-6-11-23-24/h5-7,9,11-12,16,19H,2-4,8,10,13-15,17H2,1H3,(H,22,26). The van der Waals surface area contributed by atoms with Crippen LogP contribution in [0.1, 0.15) is 44.6 Å². The van der Waals surface area contributed by atoms with E-state index in [1.54, 1.807) is 6.20 Å². The van der Waals surface area contributed by atoms with Crippen molar-refractivity contribution in [2.75, 3.05) is 13.2 Å². The molecule has 0 saturated carbocycles. The summed E-state index contributed by atoms with van der Waals surface area (Å²) in [5.74, 6) is 0.860. The second kappa shape index (κ2) is 10.00. The largest absolute Gasteiger partial charge is 0.494 e. The number of rotatable bonds is 8. The molecule has 1 aromatic carbocycles. The molecule has 2 amide bonds. The first-order valence-electron chi connectivity index (χ1n) is 10.00. The van der Waals surface area contributed by atoms with E-state index in [1.807, 2.05) is 46.1 Å². The molecular formula is C21H30N4O2. The highest BCUT2D eigenvalue weighted by Gasteiger charge is 2.26. The number of amides is 2. The van der Waals surface area contributed by atoms with Crippen molar-refractivity contribution >= 4 is 6.03 Å². The van der Waals surface area contributed by atoms with Crippen molar-refractivity contribution in [3.63, 3.8) is 0 Å². The van der Waals surface area contributed by atoms with Crippen LogP contribution in [-0.4, -0.2) is 39.9 Å². The average molecular weight is 370 g/mol. The van der Waals surface area contributed by atoms with Crippen LogP contribution in [0.2, 0.25) is 0 Å². The summed E-state index contributed by atoms with van der Waals surface area (Å²) >= 11 is 0. The van der Waals surface area contributed by atoms with E-state index in [4.69, 9.17) is 4.74 Å². The van der Waals surface area contributed by atoms with Gasteiger partial charge in [0.15, 0.2) is 0 Å². The number of urea groups is 1. The molecule has 27 heavy (non-hydrogen) atoms. The minimum absolute atomic E-state index is 0.0278. The van der Waals surface area contributed by atoms with E-state index >= 15 is 0 Å². The molecule has 6 nitrogen and oxygen atoms in total. The van der Waals surface area contributed by atoms with E-state index in [0.29, 0.717) is 13.2 Å². The molecule has 1 unspecified atom stereocenters. The lowest BCUT2D eigenvalue weighted by Gasteiger charge is -2.35. The summed E-state index contributed by atoms with van der Waals surface area (Å²) in [4.78, 5) is 14.8. The first-order valence-corrected chi connectivity index (χ1v) is 10.00. The second-order valence-corrected chi connectivity index (χ2v) is 7.06. The van der Waals surface area contributed by atoms with Gasteiger partial charge in [0.05, 0.1) is 6.61 Å². The number of likely N-dealkylation sites (tertiary alicyclic amines) is 1. The zero-order chi connectivity index (χ0) is 18.9. The van der Waals surface area contributed by atoms with Crippen molar-refractivity contribution in [2.45, 2.75) is 58.2 Å². The summed E-state index contributed by atoms with van der Waals surface area (Å²) in [5, 5.41) is 7.35. The highest BCUT2D eigenvalue weighted by Crippen LogP contribution is 2.21. The van der Waals surface area contributed by atoms with Gasteiger partial charge < -0.3 is 15.0 Å². The van der Waals surface area contributed by atoms with Gasteiger partial charge in [-0.3, -0.25) is 4.68 Å². The summed E-state index contributed by atoms with van der Waals surface area (Å²) in [6.45, 7) is 4.99. The molecule has 1 atom stereocenters. The number of benzene rings is 1. The van der Waals surface area contributed by atoms with Crippen LogP contribution in [0.4, 0.5) is 4.79 Å². The Morgan fingerprint density at radius 2 is 2.26 bits per heavy atom. The van der Waals surface area contributed by atoms with Gasteiger partial charge in [-0.15, -0.1) is 0 Å². The number of nitrogens with one attached hydrogen (secondary N) is 1. The highest BCUT2D eigenvalue weighted by molar-refractivity contribution is 5.74. The van der Waals surface area contributed by atoms with Crippen LogP contribution in [0.15, 0.2) is 42.7 Å². The zero-order valence-corrected chi connectivity index (χ0v) is 16.1. The van der Waals surface area contributed by atoms with E-state index in [-0.39, 0.29) is 12.1 Å². The lowest BCUT2D eigenvalue weighted by atomic mass is 10.00. The highest BCUT2D eigenvalue weighted by atomic mass is 16.5. The van der Waals surface area contributed by atoms with E-state index in [0.717, 1.165) is 50.1 Å². The second-order valence-electron chi connectivity index (χ2n) is 7.06. The molecule has 1 aromatic heterocycles. The van der Waals surface area contributed by atoms with Gasteiger partial charge in [0.25, 0.3) is 0 Å². The number of hydrogen-bond donors (Lipinski definition) is 1. The Hall–Kier alpha value is -2.50. The van der Waals surface area contributed by atoms with Crippen LogP contribution in [0.25, 0.3) is 0 Å². The van der Waals surface area contributed by atoms with Crippen LogP contribution >= 0.6 is 0 Å². The van der Waals surface area contributed by atoms with Crippen LogP contribution in [-0.2, 0) is 13.1 Å². The summed E-state index contributed by atoms with van der Waals surface area (Å²) < 4.78 is 7.61. The van der Waals surface area contributed by atoms with Gasteiger partial charge in [-0.1, -0.05) is 19.1 Å². The number of nitrogens with zero attached hydrogens (tertiary/aromatic N) is 3. The summed E-state index contributed by atoms with van der Waals surface area (Å²) in [7, 11) is 0. The van der Waals surface area contributed by atoms with E-state index in [9.17, 15) is 4.79 Å². The van der Waals surface area contributed by atoms with E-state index in [1.165, 1.54) is 6.42 Å². The van der Waals surface area contributed by atoms with Crippen LogP contribution < -0.4 is 10.1 Å². The molecule has 3 rings (SSSR count). The molecule has 1 fully saturated rings. The van der Waals surface area contributed by atoms with Gasteiger partial charge in [-0.25, -0.2) is 4.79 Å². The summed E-state index contributed by atoms with van der Waals surface area (Å²) in [5.41, 5.74) is 1.06. The third-order valence-corrected chi connectivity index (χ3v) is 4.95. The SMILES string of the molecule is CCCOc1cccc(CNC(=O)N2CCCCC2CCn2cccn2)c1. The normalized spacial score (nSPS) is 16.9. The zero-order valence-electron chi connectivity index (χ0n) is 16.1. The number of aromatic nitrogens is 2. The van der Waals surface area contributed by atoms with Gasteiger partial charge >= 0.3 is 6.03 Å². The van der Waals surface area contributed by atoms with E-state index < -0.39 is 0 Å². The maximum Gasteiger partial charge on any atom is 0.317 e. The maximum absolute atomic E-state index is 12.8. The molecular weight excluding hydrogens is 340 g/mol. The first kappa shape index (κ1) is 19.3. The Morgan fingerprint density at radius 1 is 1.33 bits per heavy atom. The Morgan fingerprint density at radius 3 is 3.07 bits per heavy atom. The molecule has 0 spiro atoms. The van der Waals surface area contributed by atoms with Gasteiger partial charge in [0.2, 0.25) is 0 Å². The number of ether oxygens (including phenoxy) is 1. The minimum atomic E-state index is 0.0278. The number of carbonyl (C=O) groups excluding carboxylic acids is 1. The predicted octanol–water partition coefficient (Wildman–Crippen LogP) is 3.83. The Labute approximate surface area is 161 Å². The van der Waals surface area contributed by atoms with Gasteiger partial charge in [-0.05, 0) is 55.9 Å². The van der Waals surface area contributed by atoms with Crippen molar-refractivity contribution in [2.24, 2.45) is 0 Å². The fraction of sp³-hybridized carbons (Fsp3) is 0.524. The smallest absolute Gasteiger partial charge is 0.317 e. The van der Waals surface area contributed by atoms with Crippen LogP contribution in [0, 0.1) is 0 Å². The molecule has 1 aliphatic heterocycles. The first-order chi connectivity index (χ1) is 13.3. The predicted molar refractivity (Wildman–Crippen MR) is 106 cm³/mol. The Kier molecular flexibility index (Phi) is 7.13. The lowest BCUT2D eigenvalue weighted by molar-refractivity contribution is 0.143. The monoisotopic (exact) mass is 370 g/mol. The maximum atomic E-state index is 12.8. The van der Waals surface area contributed by atoms with E-state index in [2.05, 4.69) is 17.3 Å². The molecule has 2 heterocycles. The molecule has 0 aliphatic carbocycles. The fourth-order valence-corrected chi connectivity index (χ4v) is 3.53. The molecule has 146 valence electrons. The molecule has 6 heteroatoms. The quantitative estimate of drug-likeness (QED) is 0.768. The lowest BCUT2D eigenvalue weighted by Crippen LogP contribution is -2.48. The molecule has 1 aliphatic rings. The molecule has 1 saturated heterocycles. The van der Waals surface area contributed by atoms with Crippen LogP contribution in [0.3, 0.4) is 0 Å². The van der Waals surface area contributed by atoms with Crippen molar-refractivity contribution < 1.29 is 9.53 Å². The van der Waals surface area contributed by atoms with Crippen molar-refractivity contribution in [3.05, 3.63) is 48.3 Å². The van der Waals surface area contributed by atoms with Crippen molar-refractivity contribution in [3.8, 4) is 5.75 Å². The van der Waals surface area contributed by atoms with Gasteiger partial charge in [0, 0.05) is 38.1 Å². The van der Waals surface area contributed by atoms with Crippen molar-refractivity contribution in [1.29, 1.82) is 0 Å². The molecule has 0 bridgehead atoms. The third kappa shape index (κ3) is 5.74. The number of carbonyl (C=O) groups is 1. The Bertz CT molecular complexity index is 702. The van der Waals surface area contributed by atoms with Gasteiger partial charge in [-0.2, -0.15) is 5.10 Å². The third-order valence-electron chi connectivity index (χ3n) is 4.95. The molecule has 2 aromatic rings. The molecule has 1 N–H and O–H groups in total. The topological polar surface area (TPSA) is 59.4 Å². The summed E-state index contributed by atoms with van der Waals surface area (Å²) in [6.07, 6.45) is 9.02. The summed E-state index contributed by atoms with van der Waals surface area (Å²) in [6, 6.07) is 10.2. The van der Waals surface area contributed by atoms with Crippen molar-refractivity contribution in [1.82, 2.24) is 20.0 Å². The minimum Gasteiger partial charge on any atom is -0.494 e. The number of hydrogen-bond acceptors (Lipinski definition) is 3. The number of aryl methyl sites for hydroxylation is 1. The average Bonchev–Trinajstić information content (AvgIpc) is 3.23.